The van der Waals surface area contributed by atoms with Gasteiger partial charge in [0.1, 0.15) is 5.75 Å². The van der Waals surface area contributed by atoms with Crippen molar-refractivity contribution in [2.75, 3.05) is 43.7 Å². The summed E-state index contributed by atoms with van der Waals surface area (Å²) in [5.41, 5.74) is 8.44. The number of ether oxygens (including phenoxy) is 3. The van der Waals surface area contributed by atoms with Crippen LogP contribution in [0.4, 0.5) is 11.4 Å². The summed E-state index contributed by atoms with van der Waals surface area (Å²) in [6.45, 7) is 7.00. The third kappa shape index (κ3) is 9.15. The zero-order valence-corrected chi connectivity index (χ0v) is 27.6. The molecule has 0 aromatic heterocycles. The minimum absolute atomic E-state index is 0.253. The standard InChI is InChI=1S/C42H48N2O3/c1-2-42(31-46-32-42)30-45-26-10-5-11-27-47-41-28-36(34-16-21-37(22-17-34)43-29-33-12-6-3-7-13-33)20-25-40(41)35-18-23-39(24-19-35)44-38-14-8-4-9-15-38/h3-4,6-9,12-23,25,28,39,43-44H,2,5,10-11,24,26-27,29-32H2,1H3/t39-/m0/s1. The Morgan fingerprint density at radius 3 is 2.23 bits per heavy atom. The highest BCUT2D eigenvalue weighted by Gasteiger charge is 2.36. The molecule has 1 heterocycles. The predicted molar refractivity (Wildman–Crippen MR) is 195 cm³/mol. The topological polar surface area (TPSA) is 51.8 Å². The fraction of sp³-hybridized carbons (Fsp3) is 0.333. The van der Waals surface area contributed by atoms with E-state index >= 15 is 0 Å². The van der Waals surface area contributed by atoms with E-state index in [-0.39, 0.29) is 11.5 Å². The quantitative estimate of drug-likeness (QED) is 0.114. The molecule has 5 nitrogen and oxygen atoms in total. The van der Waals surface area contributed by atoms with Crippen LogP contribution in [0.15, 0.2) is 121 Å². The second-order valence-corrected chi connectivity index (χ2v) is 12.8. The maximum absolute atomic E-state index is 6.53. The van der Waals surface area contributed by atoms with E-state index in [4.69, 9.17) is 14.2 Å². The van der Waals surface area contributed by atoms with Gasteiger partial charge in [-0.2, -0.15) is 0 Å². The molecule has 0 amide bonds. The maximum Gasteiger partial charge on any atom is 0.127 e. The number of hydrogen-bond donors (Lipinski definition) is 2. The molecule has 0 radical (unpaired) electrons. The Morgan fingerprint density at radius 1 is 0.787 bits per heavy atom. The van der Waals surface area contributed by atoms with Crippen LogP contribution >= 0.6 is 0 Å². The second kappa shape index (κ2) is 16.5. The smallest absolute Gasteiger partial charge is 0.127 e. The average Bonchev–Trinajstić information content (AvgIpc) is 3.11. The fourth-order valence-corrected chi connectivity index (χ4v) is 6.05. The average molecular weight is 629 g/mol. The summed E-state index contributed by atoms with van der Waals surface area (Å²) in [4.78, 5) is 0. The lowest BCUT2D eigenvalue weighted by Crippen LogP contribution is -2.45. The molecule has 4 aromatic rings. The molecule has 1 aliphatic carbocycles. The molecule has 2 N–H and O–H groups in total. The van der Waals surface area contributed by atoms with Crippen LogP contribution in [0.2, 0.25) is 0 Å². The van der Waals surface area contributed by atoms with Gasteiger partial charge in [-0.1, -0.05) is 97.9 Å². The minimum atomic E-state index is 0.253. The lowest BCUT2D eigenvalue weighted by Gasteiger charge is -2.40. The van der Waals surface area contributed by atoms with Crippen LogP contribution in [-0.4, -0.2) is 39.1 Å². The van der Waals surface area contributed by atoms with Gasteiger partial charge in [0.15, 0.2) is 0 Å². The molecule has 1 atom stereocenters. The van der Waals surface area contributed by atoms with Crippen molar-refractivity contribution in [1.29, 1.82) is 0 Å². The number of allylic oxidation sites excluding steroid dienone is 2. The van der Waals surface area contributed by atoms with Crippen LogP contribution in [0.1, 0.15) is 50.2 Å². The van der Waals surface area contributed by atoms with E-state index in [9.17, 15) is 0 Å². The fourth-order valence-electron chi connectivity index (χ4n) is 6.05. The summed E-state index contributed by atoms with van der Waals surface area (Å²) in [7, 11) is 0. The SMILES string of the molecule is CCC1(COCCCCCOc2cc(-c3ccc(NCc4ccccc4)cc3)ccc2C2=CC[C@@H](Nc3ccccc3)C=C2)COC1. The van der Waals surface area contributed by atoms with E-state index in [1.165, 1.54) is 16.7 Å². The number of benzene rings is 4. The Bertz CT molecular complexity index is 1590. The Labute approximate surface area is 280 Å². The van der Waals surface area contributed by atoms with Crippen molar-refractivity contribution in [3.05, 3.63) is 132 Å². The van der Waals surface area contributed by atoms with Crippen molar-refractivity contribution in [3.8, 4) is 16.9 Å². The van der Waals surface area contributed by atoms with E-state index in [1.807, 2.05) is 12.1 Å². The van der Waals surface area contributed by atoms with Gasteiger partial charge in [-0.25, -0.2) is 0 Å². The van der Waals surface area contributed by atoms with E-state index < -0.39 is 0 Å². The third-order valence-corrected chi connectivity index (χ3v) is 9.24. The van der Waals surface area contributed by atoms with Crippen molar-refractivity contribution in [2.24, 2.45) is 5.41 Å². The van der Waals surface area contributed by atoms with Gasteiger partial charge in [-0.3, -0.25) is 0 Å². The van der Waals surface area contributed by atoms with Crippen LogP contribution in [0, 0.1) is 5.41 Å². The minimum Gasteiger partial charge on any atom is -0.493 e. The molecule has 47 heavy (non-hydrogen) atoms. The summed E-state index contributed by atoms with van der Waals surface area (Å²) in [5, 5.41) is 7.15. The molecule has 1 aliphatic heterocycles. The van der Waals surface area contributed by atoms with Gasteiger partial charge in [0.25, 0.3) is 0 Å². The molecular weight excluding hydrogens is 580 g/mol. The molecule has 4 aromatic carbocycles. The van der Waals surface area contributed by atoms with Crippen LogP contribution in [0.5, 0.6) is 5.75 Å². The molecular formula is C42H48N2O3. The summed E-state index contributed by atoms with van der Waals surface area (Å²) >= 11 is 0. The van der Waals surface area contributed by atoms with E-state index in [1.54, 1.807) is 0 Å². The Morgan fingerprint density at radius 2 is 1.53 bits per heavy atom. The lowest BCUT2D eigenvalue weighted by atomic mass is 9.84. The highest BCUT2D eigenvalue weighted by atomic mass is 16.5. The largest absolute Gasteiger partial charge is 0.493 e. The normalized spacial score (nSPS) is 16.6. The zero-order chi connectivity index (χ0) is 32.2. The monoisotopic (exact) mass is 628 g/mol. The van der Waals surface area contributed by atoms with Crippen molar-refractivity contribution in [1.82, 2.24) is 0 Å². The molecule has 1 saturated heterocycles. The number of hydrogen-bond acceptors (Lipinski definition) is 5. The van der Waals surface area contributed by atoms with E-state index in [0.717, 1.165) is 93.3 Å². The molecule has 244 valence electrons. The van der Waals surface area contributed by atoms with E-state index in [2.05, 4.69) is 127 Å². The summed E-state index contributed by atoms with van der Waals surface area (Å²) in [5.74, 6) is 0.935. The first-order chi connectivity index (χ1) is 23.2. The van der Waals surface area contributed by atoms with Crippen LogP contribution in [-0.2, 0) is 16.0 Å². The van der Waals surface area contributed by atoms with Gasteiger partial charge in [0, 0.05) is 41.5 Å². The molecule has 2 aliphatic rings. The van der Waals surface area contributed by atoms with Gasteiger partial charge >= 0.3 is 0 Å². The van der Waals surface area contributed by atoms with Crippen molar-refractivity contribution in [3.63, 3.8) is 0 Å². The Hall–Kier alpha value is -4.32. The van der Waals surface area contributed by atoms with Crippen LogP contribution in [0.3, 0.4) is 0 Å². The number of anilines is 2. The first kappa shape index (κ1) is 32.6. The maximum atomic E-state index is 6.53. The van der Waals surface area contributed by atoms with Gasteiger partial charge < -0.3 is 24.8 Å². The highest BCUT2D eigenvalue weighted by molar-refractivity contribution is 5.81. The molecule has 0 unspecified atom stereocenters. The third-order valence-electron chi connectivity index (χ3n) is 9.24. The van der Waals surface area contributed by atoms with Gasteiger partial charge in [0.05, 0.1) is 26.4 Å². The Balaban J connectivity index is 1.08. The molecule has 0 bridgehead atoms. The molecule has 5 heteroatoms. The van der Waals surface area contributed by atoms with Crippen LogP contribution in [0.25, 0.3) is 16.7 Å². The van der Waals surface area contributed by atoms with Crippen LogP contribution < -0.4 is 15.4 Å². The summed E-state index contributed by atoms with van der Waals surface area (Å²) in [6.07, 6.45) is 12.0. The first-order valence-electron chi connectivity index (χ1n) is 17.2. The van der Waals surface area contributed by atoms with Gasteiger partial charge in [0.2, 0.25) is 0 Å². The number of rotatable bonds is 17. The van der Waals surface area contributed by atoms with Crippen molar-refractivity contribution >= 4 is 16.9 Å². The molecule has 0 saturated carbocycles. The molecule has 1 fully saturated rings. The Kier molecular flexibility index (Phi) is 11.4. The first-order valence-corrected chi connectivity index (χ1v) is 17.2. The number of nitrogens with one attached hydrogen (secondary N) is 2. The number of para-hydroxylation sites is 1. The predicted octanol–water partition coefficient (Wildman–Crippen LogP) is 9.78. The highest BCUT2D eigenvalue weighted by Crippen LogP contribution is 2.35. The summed E-state index contributed by atoms with van der Waals surface area (Å²) < 4.78 is 18.0. The lowest BCUT2D eigenvalue weighted by molar-refractivity contribution is -0.150. The number of unbranched alkanes of at least 4 members (excludes halogenated alkanes) is 2. The van der Waals surface area contributed by atoms with Gasteiger partial charge in [-0.15, -0.1) is 0 Å². The van der Waals surface area contributed by atoms with Crippen molar-refractivity contribution < 1.29 is 14.2 Å². The summed E-state index contributed by atoms with van der Waals surface area (Å²) in [6, 6.07) is 36.5. The molecule has 0 spiro atoms. The zero-order valence-electron chi connectivity index (χ0n) is 27.6. The second-order valence-electron chi connectivity index (χ2n) is 12.8. The van der Waals surface area contributed by atoms with Gasteiger partial charge in [-0.05, 0) is 84.7 Å². The molecule has 6 rings (SSSR count). The van der Waals surface area contributed by atoms with Crippen molar-refractivity contribution in [2.45, 2.75) is 51.6 Å². The van der Waals surface area contributed by atoms with E-state index in [0.29, 0.717) is 6.61 Å².